The largest absolute Gasteiger partial charge is 0.478 e. The van der Waals surface area contributed by atoms with Gasteiger partial charge in [-0.1, -0.05) is 50.6 Å². The lowest BCUT2D eigenvalue weighted by Gasteiger charge is -2.15. The van der Waals surface area contributed by atoms with Gasteiger partial charge in [0.15, 0.2) is 0 Å². The van der Waals surface area contributed by atoms with E-state index in [2.05, 4.69) is 5.10 Å². The third-order valence-electron chi connectivity index (χ3n) is 3.10. The number of hydrogen-bond donors (Lipinski definition) is 1. The fraction of sp³-hybridized carbons (Fsp3) is 0.333. The van der Waals surface area contributed by atoms with Gasteiger partial charge in [-0.3, -0.25) is 0 Å². The van der Waals surface area contributed by atoms with Crippen LogP contribution in [0.3, 0.4) is 0 Å². The van der Waals surface area contributed by atoms with Crippen LogP contribution < -0.4 is 0 Å². The number of halogens is 1. The highest BCUT2D eigenvalue weighted by Gasteiger charge is 2.30. The molecule has 0 amide bonds. The van der Waals surface area contributed by atoms with Crippen LogP contribution >= 0.6 is 11.6 Å². The van der Waals surface area contributed by atoms with Crippen LogP contribution in [-0.2, 0) is 5.41 Å². The fourth-order valence-corrected chi connectivity index (χ4v) is 2.37. The van der Waals surface area contributed by atoms with E-state index in [4.69, 9.17) is 11.6 Å². The van der Waals surface area contributed by atoms with Gasteiger partial charge in [0, 0.05) is 5.41 Å². The first-order chi connectivity index (χ1) is 9.23. The monoisotopic (exact) mass is 292 g/mol. The van der Waals surface area contributed by atoms with Gasteiger partial charge in [0.05, 0.1) is 11.4 Å². The molecule has 20 heavy (non-hydrogen) atoms. The van der Waals surface area contributed by atoms with Gasteiger partial charge in [-0.15, -0.1) is 0 Å². The van der Waals surface area contributed by atoms with Crippen molar-refractivity contribution in [1.29, 1.82) is 0 Å². The van der Waals surface area contributed by atoms with E-state index in [1.807, 2.05) is 52.0 Å². The zero-order valence-corrected chi connectivity index (χ0v) is 12.7. The second kappa shape index (κ2) is 4.94. The molecule has 0 radical (unpaired) electrons. The van der Waals surface area contributed by atoms with Crippen molar-refractivity contribution < 1.29 is 9.90 Å². The molecule has 0 aliphatic carbocycles. The summed E-state index contributed by atoms with van der Waals surface area (Å²) in [5.74, 6) is -1.06. The summed E-state index contributed by atoms with van der Waals surface area (Å²) in [5.41, 5.74) is 1.93. The smallest absolute Gasteiger partial charge is 0.340 e. The number of aromatic nitrogens is 2. The van der Waals surface area contributed by atoms with Crippen LogP contribution in [0.5, 0.6) is 0 Å². The van der Waals surface area contributed by atoms with Gasteiger partial charge < -0.3 is 5.11 Å². The lowest BCUT2D eigenvalue weighted by molar-refractivity contribution is 0.0694. The fourth-order valence-electron chi connectivity index (χ4n) is 2.07. The molecule has 0 fully saturated rings. The molecule has 106 valence electrons. The van der Waals surface area contributed by atoms with E-state index in [0.29, 0.717) is 5.69 Å². The SMILES string of the molecule is Cc1ccccc1-n1nc(C(C)(C)C)c(C(=O)O)c1Cl. The Balaban J connectivity index is 2.75. The molecule has 2 rings (SSSR count). The van der Waals surface area contributed by atoms with Gasteiger partial charge in [0.25, 0.3) is 0 Å². The Morgan fingerprint density at radius 1 is 1.30 bits per heavy atom. The number of carboxylic acid groups (broad SMARTS) is 1. The Labute approximate surface area is 123 Å². The van der Waals surface area contributed by atoms with Gasteiger partial charge in [-0.2, -0.15) is 5.10 Å². The van der Waals surface area contributed by atoms with Gasteiger partial charge in [0.2, 0.25) is 0 Å². The van der Waals surface area contributed by atoms with Crippen LogP contribution in [0.1, 0.15) is 42.4 Å². The Kier molecular flexibility index (Phi) is 3.61. The van der Waals surface area contributed by atoms with Crippen molar-refractivity contribution in [2.45, 2.75) is 33.1 Å². The molecule has 1 N–H and O–H groups in total. The van der Waals surface area contributed by atoms with Crippen molar-refractivity contribution in [3.05, 3.63) is 46.2 Å². The average molecular weight is 293 g/mol. The van der Waals surface area contributed by atoms with Gasteiger partial charge in [-0.05, 0) is 18.6 Å². The Morgan fingerprint density at radius 3 is 2.35 bits per heavy atom. The number of rotatable bonds is 2. The molecule has 1 heterocycles. The molecule has 0 aliphatic heterocycles. The molecular formula is C15H17ClN2O2. The maximum Gasteiger partial charge on any atom is 0.340 e. The number of carboxylic acids is 1. The second-order valence-electron chi connectivity index (χ2n) is 5.77. The first-order valence-electron chi connectivity index (χ1n) is 6.31. The van der Waals surface area contributed by atoms with Gasteiger partial charge >= 0.3 is 5.97 Å². The molecule has 0 spiro atoms. The summed E-state index contributed by atoms with van der Waals surface area (Å²) in [6, 6.07) is 7.59. The number of carbonyl (C=O) groups is 1. The Hall–Kier alpha value is -1.81. The molecule has 5 heteroatoms. The van der Waals surface area contributed by atoms with E-state index >= 15 is 0 Å². The maximum absolute atomic E-state index is 11.5. The summed E-state index contributed by atoms with van der Waals surface area (Å²) >= 11 is 6.26. The lowest BCUT2D eigenvalue weighted by Crippen LogP contribution is -2.16. The second-order valence-corrected chi connectivity index (χ2v) is 6.13. The average Bonchev–Trinajstić information content (AvgIpc) is 2.67. The summed E-state index contributed by atoms with van der Waals surface area (Å²) in [4.78, 5) is 11.5. The van der Waals surface area contributed by atoms with Crippen LogP contribution in [0, 0.1) is 6.92 Å². The number of para-hydroxylation sites is 1. The minimum atomic E-state index is -1.06. The molecule has 0 saturated heterocycles. The minimum absolute atomic E-state index is 0.0717. The molecule has 0 aliphatic rings. The van der Waals surface area contributed by atoms with Crippen LogP contribution in [0.25, 0.3) is 5.69 Å². The van der Waals surface area contributed by atoms with Crippen molar-refractivity contribution >= 4 is 17.6 Å². The summed E-state index contributed by atoms with van der Waals surface area (Å²) in [6.45, 7) is 7.69. The zero-order chi connectivity index (χ0) is 15.1. The van der Waals surface area contributed by atoms with Crippen LogP contribution in [0.2, 0.25) is 5.15 Å². The maximum atomic E-state index is 11.5. The third kappa shape index (κ3) is 2.43. The van der Waals surface area contributed by atoms with E-state index in [9.17, 15) is 9.90 Å². The number of benzene rings is 1. The first-order valence-corrected chi connectivity index (χ1v) is 6.69. The molecule has 0 unspecified atom stereocenters. The first kappa shape index (κ1) is 14.6. The number of aromatic carboxylic acids is 1. The van der Waals surface area contributed by atoms with Crippen LogP contribution in [0.4, 0.5) is 0 Å². The highest BCUT2D eigenvalue weighted by molar-refractivity contribution is 6.33. The van der Waals surface area contributed by atoms with Crippen molar-refractivity contribution in [3.8, 4) is 5.69 Å². The molecule has 2 aromatic rings. The van der Waals surface area contributed by atoms with E-state index in [0.717, 1.165) is 11.3 Å². The quantitative estimate of drug-likeness (QED) is 0.915. The topological polar surface area (TPSA) is 55.1 Å². The molecule has 4 nitrogen and oxygen atoms in total. The van der Waals surface area contributed by atoms with E-state index < -0.39 is 11.4 Å². The van der Waals surface area contributed by atoms with Crippen LogP contribution in [-0.4, -0.2) is 20.9 Å². The minimum Gasteiger partial charge on any atom is -0.478 e. The van der Waals surface area contributed by atoms with Crippen molar-refractivity contribution in [1.82, 2.24) is 9.78 Å². The molecule has 0 bridgehead atoms. The number of aryl methyl sites for hydroxylation is 1. The number of hydrogen-bond acceptors (Lipinski definition) is 2. The zero-order valence-electron chi connectivity index (χ0n) is 11.9. The third-order valence-corrected chi connectivity index (χ3v) is 3.45. The lowest BCUT2D eigenvalue weighted by atomic mass is 9.89. The van der Waals surface area contributed by atoms with Gasteiger partial charge in [0.1, 0.15) is 10.7 Å². The normalized spacial score (nSPS) is 11.7. The molecule has 0 atom stereocenters. The van der Waals surface area contributed by atoms with E-state index in [-0.39, 0.29) is 10.7 Å². The summed E-state index contributed by atoms with van der Waals surface area (Å²) in [7, 11) is 0. The van der Waals surface area contributed by atoms with Crippen molar-refractivity contribution in [3.63, 3.8) is 0 Å². The molecular weight excluding hydrogens is 276 g/mol. The number of nitrogens with zero attached hydrogens (tertiary/aromatic N) is 2. The van der Waals surface area contributed by atoms with Crippen molar-refractivity contribution in [2.75, 3.05) is 0 Å². The Morgan fingerprint density at radius 2 is 1.90 bits per heavy atom. The summed E-state index contributed by atoms with van der Waals surface area (Å²) < 4.78 is 1.50. The van der Waals surface area contributed by atoms with Crippen molar-refractivity contribution in [2.24, 2.45) is 0 Å². The Bertz CT molecular complexity index is 669. The van der Waals surface area contributed by atoms with E-state index in [1.165, 1.54) is 4.68 Å². The molecule has 0 saturated carbocycles. The predicted molar refractivity (Wildman–Crippen MR) is 79.0 cm³/mol. The van der Waals surface area contributed by atoms with E-state index in [1.54, 1.807) is 0 Å². The standard InChI is InChI=1S/C15H17ClN2O2/c1-9-7-5-6-8-10(9)18-13(16)11(14(19)20)12(17-18)15(2,3)4/h5-8H,1-4H3,(H,19,20). The summed E-state index contributed by atoms with van der Waals surface area (Å²) in [6.07, 6.45) is 0. The summed E-state index contributed by atoms with van der Waals surface area (Å²) in [5, 5.41) is 14.0. The molecule has 1 aromatic heterocycles. The highest BCUT2D eigenvalue weighted by atomic mass is 35.5. The predicted octanol–water partition coefficient (Wildman–Crippen LogP) is 3.83. The molecule has 1 aromatic carbocycles. The van der Waals surface area contributed by atoms with Gasteiger partial charge in [-0.25, -0.2) is 9.48 Å². The highest BCUT2D eigenvalue weighted by Crippen LogP contribution is 2.32. The van der Waals surface area contributed by atoms with Crippen LogP contribution in [0.15, 0.2) is 24.3 Å².